The second-order valence-corrected chi connectivity index (χ2v) is 5.06. The molecule has 112 valence electrons. The zero-order valence-electron chi connectivity index (χ0n) is 11.3. The van der Waals surface area contributed by atoms with Gasteiger partial charge in [0.2, 0.25) is 0 Å². The number of thiol groups is 1. The summed E-state index contributed by atoms with van der Waals surface area (Å²) in [5, 5.41) is 0. The lowest BCUT2D eigenvalue weighted by molar-refractivity contribution is -0.120. The molecule has 1 saturated heterocycles. The third-order valence-electron chi connectivity index (χ3n) is 3.48. The molecular weight excluding hydrogens is 296 g/mol. The Kier molecular flexibility index (Phi) is 3.64. The predicted molar refractivity (Wildman–Crippen MR) is 77.9 cm³/mol. The highest BCUT2D eigenvalue weighted by molar-refractivity contribution is 7.75. The van der Waals surface area contributed by atoms with Crippen LogP contribution in [-0.4, -0.2) is 44.9 Å². The molecule has 21 heavy (non-hydrogen) atoms. The van der Waals surface area contributed by atoms with E-state index in [1.165, 1.54) is 9.80 Å². The van der Waals surface area contributed by atoms with Crippen molar-refractivity contribution >= 4 is 36.3 Å². The Hall–Kier alpha value is -1.93. The lowest BCUT2D eigenvalue weighted by Crippen LogP contribution is -2.35. The summed E-state index contributed by atoms with van der Waals surface area (Å²) in [4.78, 5) is 26.5. The van der Waals surface area contributed by atoms with Crippen molar-refractivity contribution in [1.29, 1.82) is 0 Å². The van der Waals surface area contributed by atoms with Gasteiger partial charge in [-0.05, 0) is 25.0 Å². The number of cyclic esters (lactones) is 1. The van der Waals surface area contributed by atoms with E-state index in [1.807, 2.05) is 0 Å². The van der Waals surface area contributed by atoms with E-state index in [0.717, 1.165) is 0 Å². The molecule has 0 unspecified atom stereocenters. The minimum absolute atomic E-state index is 0.00643. The highest BCUT2D eigenvalue weighted by Gasteiger charge is 2.33. The molecule has 0 bridgehead atoms. The molecule has 3 rings (SSSR count). The Morgan fingerprint density at radius 2 is 2.24 bits per heavy atom. The number of rotatable bonds is 3. The molecular formula is C13H14N2O5S. The number of anilines is 2. The largest absolute Gasteiger partial charge is 0.481 e. The molecule has 1 aromatic rings. The third-order valence-corrected chi connectivity index (χ3v) is 3.63. The summed E-state index contributed by atoms with van der Waals surface area (Å²) in [6.45, 7) is 0.602. The van der Waals surface area contributed by atoms with E-state index in [0.29, 0.717) is 23.7 Å². The molecule has 1 atom stereocenters. The molecule has 1 fully saturated rings. The van der Waals surface area contributed by atoms with Crippen LogP contribution in [0.25, 0.3) is 0 Å². The first-order valence-corrected chi connectivity index (χ1v) is 6.74. The van der Waals surface area contributed by atoms with E-state index in [9.17, 15) is 9.59 Å². The van der Waals surface area contributed by atoms with Gasteiger partial charge in [0.05, 0.1) is 24.5 Å². The maximum atomic E-state index is 11.9. The van der Waals surface area contributed by atoms with E-state index < -0.39 is 6.09 Å². The van der Waals surface area contributed by atoms with Crippen LogP contribution in [0.15, 0.2) is 18.2 Å². The van der Waals surface area contributed by atoms with Crippen LogP contribution in [0.3, 0.4) is 0 Å². The number of carbonyl (C=O) groups excluding carboxylic acids is 2. The number of carbonyl (C=O) groups is 2. The van der Waals surface area contributed by atoms with Gasteiger partial charge in [0, 0.05) is 13.1 Å². The normalized spacial score (nSPS) is 21.1. The van der Waals surface area contributed by atoms with Crippen LogP contribution in [0.5, 0.6) is 5.75 Å². The quantitative estimate of drug-likeness (QED) is 0.672. The highest BCUT2D eigenvalue weighted by Crippen LogP contribution is 2.35. The number of nitrogens with zero attached hydrogens (tertiary/aromatic N) is 2. The Bertz CT molecular complexity index is 594. The number of hydrogen-bond donors (Lipinski definition) is 1. The van der Waals surface area contributed by atoms with Gasteiger partial charge in [-0.2, -0.15) is 0 Å². The van der Waals surface area contributed by atoms with Gasteiger partial charge in [-0.15, -0.1) is 0 Å². The Balaban J connectivity index is 1.84. The molecule has 0 saturated carbocycles. The molecule has 8 heteroatoms. The monoisotopic (exact) mass is 310 g/mol. The summed E-state index contributed by atoms with van der Waals surface area (Å²) >= 11 is 3.66. The van der Waals surface area contributed by atoms with Crippen LogP contribution in [-0.2, 0) is 13.7 Å². The van der Waals surface area contributed by atoms with Crippen LogP contribution in [0.2, 0.25) is 0 Å². The Morgan fingerprint density at radius 1 is 1.43 bits per heavy atom. The number of fused-ring (bicyclic) bond motifs is 1. The van der Waals surface area contributed by atoms with Crippen molar-refractivity contribution < 1.29 is 23.2 Å². The number of amides is 2. The van der Waals surface area contributed by atoms with Crippen molar-refractivity contribution in [2.45, 2.75) is 6.10 Å². The lowest BCUT2D eigenvalue weighted by Gasteiger charge is -2.27. The van der Waals surface area contributed by atoms with Gasteiger partial charge in [-0.3, -0.25) is 9.69 Å². The summed E-state index contributed by atoms with van der Waals surface area (Å²) in [5.74, 6) is 0.457. The molecule has 0 N–H and O–H groups in total. The van der Waals surface area contributed by atoms with Crippen LogP contribution in [0.1, 0.15) is 0 Å². The maximum Gasteiger partial charge on any atom is 0.414 e. The smallest absolute Gasteiger partial charge is 0.414 e. The molecule has 2 amide bonds. The van der Waals surface area contributed by atoms with E-state index in [4.69, 9.17) is 13.7 Å². The molecule has 0 aliphatic carbocycles. The minimum atomic E-state index is -0.439. The fourth-order valence-electron chi connectivity index (χ4n) is 2.34. The Labute approximate surface area is 127 Å². The van der Waals surface area contributed by atoms with Gasteiger partial charge in [0.25, 0.3) is 5.91 Å². The van der Waals surface area contributed by atoms with Crippen molar-refractivity contribution in [2.24, 2.45) is 0 Å². The van der Waals surface area contributed by atoms with Gasteiger partial charge in [-0.25, -0.2) is 4.79 Å². The van der Waals surface area contributed by atoms with Crippen molar-refractivity contribution in [3.63, 3.8) is 0 Å². The van der Waals surface area contributed by atoms with Crippen LogP contribution < -0.4 is 14.5 Å². The Morgan fingerprint density at radius 3 is 3.00 bits per heavy atom. The summed E-state index contributed by atoms with van der Waals surface area (Å²) < 4.78 is 15.3. The van der Waals surface area contributed by atoms with E-state index >= 15 is 0 Å². The first-order chi connectivity index (χ1) is 10.1. The molecule has 7 nitrogen and oxygen atoms in total. The van der Waals surface area contributed by atoms with Crippen molar-refractivity contribution in [2.75, 3.05) is 36.6 Å². The number of benzene rings is 1. The van der Waals surface area contributed by atoms with Crippen LogP contribution in [0, 0.1) is 0 Å². The molecule has 0 radical (unpaired) electrons. The average molecular weight is 310 g/mol. The summed E-state index contributed by atoms with van der Waals surface area (Å²) in [5.41, 5.74) is 1.33. The van der Waals surface area contributed by atoms with Crippen LogP contribution in [0.4, 0.5) is 16.2 Å². The van der Waals surface area contributed by atoms with Crippen molar-refractivity contribution in [1.82, 2.24) is 0 Å². The second kappa shape index (κ2) is 5.45. The van der Waals surface area contributed by atoms with Crippen LogP contribution >= 0.6 is 12.9 Å². The van der Waals surface area contributed by atoms with Gasteiger partial charge >= 0.3 is 6.09 Å². The number of likely N-dealkylation sites (N-methyl/N-ethyl adjacent to an activating group) is 1. The summed E-state index contributed by atoms with van der Waals surface area (Å²) in [6.07, 6.45) is -0.790. The molecule has 2 aliphatic rings. The SMILES string of the molecule is CN1C(=O)COc2cc(N3C[C@H](COS)OC3=O)ccc21. The van der Waals surface area contributed by atoms with Crippen molar-refractivity contribution in [3.05, 3.63) is 18.2 Å². The first-order valence-electron chi connectivity index (χ1n) is 6.38. The summed E-state index contributed by atoms with van der Waals surface area (Å²) in [7, 11) is 1.69. The molecule has 1 aromatic carbocycles. The van der Waals surface area contributed by atoms with Gasteiger partial charge in [0.1, 0.15) is 11.9 Å². The van der Waals surface area contributed by atoms with E-state index in [1.54, 1.807) is 25.2 Å². The second-order valence-electron chi connectivity index (χ2n) is 4.81. The minimum Gasteiger partial charge on any atom is -0.481 e. The lowest BCUT2D eigenvalue weighted by atomic mass is 10.2. The fourth-order valence-corrected chi connectivity index (χ4v) is 2.50. The van der Waals surface area contributed by atoms with E-state index in [2.05, 4.69) is 12.9 Å². The van der Waals surface area contributed by atoms with Crippen molar-refractivity contribution in [3.8, 4) is 5.75 Å². The summed E-state index contributed by atoms with van der Waals surface area (Å²) in [6, 6.07) is 5.23. The standard InChI is InChI=1S/C13H14N2O5S/c1-14-10-3-2-8(4-11(10)18-7-12(14)16)15-5-9(6-19-21)20-13(15)17/h2-4,9,21H,5-7H2,1H3/t9-/m1/s1. The van der Waals surface area contributed by atoms with Gasteiger partial charge in [-0.1, -0.05) is 0 Å². The molecule has 2 aliphatic heterocycles. The zero-order valence-corrected chi connectivity index (χ0v) is 12.2. The number of ether oxygens (including phenoxy) is 2. The topological polar surface area (TPSA) is 68.3 Å². The zero-order chi connectivity index (χ0) is 15.0. The molecule has 0 aromatic heterocycles. The van der Waals surface area contributed by atoms with E-state index in [-0.39, 0.29) is 25.2 Å². The maximum absolute atomic E-state index is 11.9. The van der Waals surface area contributed by atoms with Gasteiger partial charge < -0.3 is 18.6 Å². The fraction of sp³-hybridized carbons (Fsp3) is 0.385. The third kappa shape index (κ3) is 2.52. The molecule has 0 spiro atoms. The highest BCUT2D eigenvalue weighted by atomic mass is 32.1. The number of hydrogen-bond acceptors (Lipinski definition) is 6. The average Bonchev–Trinajstić information content (AvgIpc) is 2.84. The van der Waals surface area contributed by atoms with Gasteiger partial charge in [0.15, 0.2) is 6.61 Å². The first kappa shape index (κ1) is 14.0. The molecule has 2 heterocycles. The predicted octanol–water partition coefficient (Wildman–Crippen LogP) is 1.23.